The van der Waals surface area contributed by atoms with Crippen LogP contribution in [0.15, 0.2) is 54.6 Å². The second-order valence-corrected chi connectivity index (χ2v) is 7.13. The van der Waals surface area contributed by atoms with Gasteiger partial charge in [0.2, 0.25) is 5.91 Å². The van der Waals surface area contributed by atoms with Crippen LogP contribution in [0, 0.1) is 0 Å². The zero-order chi connectivity index (χ0) is 19.8. The summed E-state index contributed by atoms with van der Waals surface area (Å²) in [6.07, 6.45) is 2.79. The molecule has 1 amide bonds. The minimum absolute atomic E-state index is 0.000335. The highest BCUT2D eigenvalue weighted by Crippen LogP contribution is 2.27. The molecule has 0 saturated carbocycles. The molecule has 0 radical (unpaired) electrons. The molecule has 0 aliphatic carbocycles. The zero-order valence-electron chi connectivity index (χ0n) is 16.4. The monoisotopic (exact) mass is 380 g/mol. The SMILES string of the molecule is COc1cccc(C(CNC(=O)CCC(=O)c2ccccc2)N2CCCC2)c1. The van der Waals surface area contributed by atoms with Crippen molar-refractivity contribution in [3.05, 3.63) is 65.7 Å². The van der Waals surface area contributed by atoms with Crippen molar-refractivity contribution in [2.24, 2.45) is 0 Å². The fourth-order valence-corrected chi connectivity index (χ4v) is 3.65. The molecular weight excluding hydrogens is 352 g/mol. The highest BCUT2D eigenvalue weighted by atomic mass is 16.5. The third kappa shape index (κ3) is 5.42. The van der Waals surface area contributed by atoms with Gasteiger partial charge in [0.15, 0.2) is 5.78 Å². The van der Waals surface area contributed by atoms with E-state index in [0.717, 1.165) is 24.4 Å². The molecule has 1 saturated heterocycles. The third-order valence-electron chi connectivity index (χ3n) is 5.23. The van der Waals surface area contributed by atoms with Crippen LogP contribution in [-0.2, 0) is 4.79 Å². The van der Waals surface area contributed by atoms with Gasteiger partial charge < -0.3 is 10.1 Å². The molecule has 1 fully saturated rings. The predicted octanol–water partition coefficient (Wildman–Crippen LogP) is 3.61. The maximum Gasteiger partial charge on any atom is 0.220 e. The number of rotatable bonds is 9. The molecule has 28 heavy (non-hydrogen) atoms. The van der Waals surface area contributed by atoms with E-state index >= 15 is 0 Å². The summed E-state index contributed by atoms with van der Waals surface area (Å²) in [6.45, 7) is 2.60. The topological polar surface area (TPSA) is 58.6 Å². The number of ketones is 1. The van der Waals surface area contributed by atoms with E-state index in [-0.39, 0.29) is 30.6 Å². The van der Waals surface area contributed by atoms with Crippen LogP contribution in [0.4, 0.5) is 0 Å². The molecule has 3 rings (SSSR count). The fourth-order valence-electron chi connectivity index (χ4n) is 3.65. The van der Waals surface area contributed by atoms with Crippen molar-refractivity contribution in [3.8, 4) is 5.75 Å². The Morgan fingerprint density at radius 1 is 1.04 bits per heavy atom. The second-order valence-electron chi connectivity index (χ2n) is 7.13. The maximum absolute atomic E-state index is 12.3. The van der Waals surface area contributed by atoms with Crippen molar-refractivity contribution in [1.29, 1.82) is 0 Å². The summed E-state index contributed by atoms with van der Waals surface area (Å²) in [5, 5.41) is 3.03. The molecule has 1 aliphatic heterocycles. The Balaban J connectivity index is 1.57. The number of amides is 1. The number of benzene rings is 2. The molecule has 148 valence electrons. The lowest BCUT2D eigenvalue weighted by Crippen LogP contribution is -2.36. The number of carbonyl (C=O) groups is 2. The number of hydrogen-bond acceptors (Lipinski definition) is 4. The Labute approximate surface area is 166 Å². The molecule has 1 atom stereocenters. The van der Waals surface area contributed by atoms with Crippen molar-refractivity contribution in [3.63, 3.8) is 0 Å². The maximum atomic E-state index is 12.3. The summed E-state index contributed by atoms with van der Waals surface area (Å²) >= 11 is 0. The Bertz CT molecular complexity index is 785. The first kappa shape index (κ1) is 20.1. The molecule has 0 spiro atoms. The summed E-state index contributed by atoms with van der Waals surface area (Å²) < 4.78 is 5.36. The molecule has 1 aliphatic rings. The van der Waals surface area contributed by atoms with Gasteiger partial charge in [-0.3, -0.25) is 14.5 Å². The molecule has 1 N–H and O–H groups in total. The summed E-state index contributed by atoms with van der Waals surface area (Å²) in [5.74, 6) is 0.734. The lowest BCUT2D eigenvalue weighted by Gasteiger charge is -2.28. The number of hydrogen-bond donors (Lipinski definition) is 1. The van der Waals surface area contributed by atoms with Crippen molar-refractivity contribution in [2.75, 3.05) is 26.7 Å². The Morgan fingerprint density at radius 2 is 1.79 bits per heavy atom. The highest BCUT2D eigenvalue weighted by Gasteiger charge is 2.24. The van der Waals surface area contributed by atoms with E-state index in [0.29, 0.717) is 12.1 Å². The van der Waals surface area contributed by atoms with E-state index in [4.69, 9.17) is 4.74 Å². The number of ether oxygens (including phenoxy) is 1. The van der Waals surface area contributed by atoms with Gasteiger partial charge in [0, 0.05) is 24.9 Å². The molecule has 0 aromatic heterocycles. The van der Waals surface area contributed by atoms with E-state index in [2.05, 4.69) is 16.3 Å². The molecule has 1 heterocycles. The number of methoxy groups -OCH3 is 1. The highest BCUT2D eigenvalue weighted by molar-refractivity contribution is 5.97. The van der Waals surface area contributed by atoms with E-state index in [1.165, 1.54) is 12.8 Å². The van der Waals surface area contributed by atoms with Crippen LogP contribution in [0.5, 0.6) is 5.75 Å². The first-order chi connectivity index (χ1) is 13.7. The number of carbonyl (C=O) groups excluding carboxylic acids is 2. The second kappa shape index (κ2) is 10.0. The predicted molar refractivity (Wildman–Crippen MR) is 110 cm³/mol. The van der Waals surface area contributed by atoms with E-state index in [9.17, 15) is 9.59 Å². The lowest BCUT2D eigenvalue weighted by atomic mass is 10.0. The van der Waals surface area contributed by atoms with E-state index in [1.807, 2.05) is 36.4 Å². The van der Waals surface area contributed by atoms with Gasteiger partial charge in [0.05, 0.1) is 13.2 Å². The fraction of sp³-hybridized carbons (Fsp3) is 0.391. The zero-order valence-corrected chi connectivity index (χ0v) is 16.4. The number of likely N-dealkylation sites (tertiary alicyclic amines) is 1. The molecule has 5 nitrogen and oxygen atoms in total. The van der Waals surface area contributed by atoms with Crippen molar-refractivity contribution < 1.29 is 14.3 Å². The number of nitrogens with one attached hydrogen (secondary N) is 1. The van der Waals surface area contributed by atoms with Crippen molar-refractivity contribution >= 4 is 11.7 Å². The van der Waals surface area contributed by atoms with Crippen LogP contribution in [-0.4, -0.2) is 43.3 Å². The van der Waals surface area contributed by atoms with Crippen LogP contribution >= 0.6 is 0 Å². The number of nitrogens with zero attached hydrogens (tertiary/aromatic N) is 1. The molecule has 2 aromatic carbocycles. The van der Waals surface area contributed by atoms with Gasteiger partial charge in [-0.05, 0) is 43.6 Å². The Kier molecular flexibility index (Phi) is 7.20. The smallest absolute Gasteiger partial charge is 0.220 e. The normalized spacial score (nSPS) is 15.2. The van der Waals surface area contributed by atoms with Crippen LogP contribution in [0.1, 0.15) is 47.6 Å². The van der Waals surface area contributed by atoms with Gasteiger partial charge in [-0.1, -0.05) is 42.5 Å². The van der Waals surface area contributed by atoms with E-state index in [1.54, 1.807) is 19.2 Å². The van der Waals surface area contributed by atoms with Crippen molar-refractivity contribution in [2.45, 2.75) is 31.7 Å². The van der Waals surface area contributed by atoms with Gasteiger partial charge in [-0.15, -0.1) is 0 Å². The molecule has 5 heteroatoms. The van der Waals surface area contributed by atoms with Crippen LogP contribution in [0.25, 0.3) is 0 Å². The van der Waals surface area contributed by atoms with Gasteiger partial charge in [0.1, 0.15) is 5.75 Å². The van der Waals surface area contributed by atoms with Gasteiger partial charge >= 0.3 is 0 Å². The van der Waals surface area contributed by atoms with Gasteiger partial charge in [0.25, 0.3) is 0 Å². The standard InChI is InChI=1S/C23H28N2O3/c1-28-20-11-7-10-19(16-20)21(25-14-5-6-15-25)17-24-23(27)13-12-22(26)18-8-3-2-4-9-18/h2-4,7-11,16,21H,5-6,12-15,17H2,1H3,(H,24,27). The first-order valence-electron chi connectivity index (χ1n) is 9.90. The minimum atomic E-state index is -0.0867. The quantitative estimate of drug-likeness (QED) is 0.675. The summed E-state index contributed by atoms with van der Waals surface area (Å²) in [6, 6.07) is 17.3. The first-order valence-corrected chi connectivity index (χ1v) is 9.90. The lowest BCUT2D eigenvalue weighted by molar-refractivity contribution is -0.121. The number of Topliss-reactive ketones (excluding diaryl/α,β-unsaturated/α-hetero) is 1. The van der Waals surface area contributed by atoms with Crippen LogP contribution in [0.3, 0.4) is 0 Å². The summed E-state index contributed by atoms with van der Waals surface area (Å²) in [5.41, 5.74) is 1.79. The summed E-state index contributed by atoms with van der Waals surface area (Å²) in [7, 11) is 1.66. The molecule has 0 bridgehead atoms. The Morgan fingerprint density at radius 3 is 2.50 bits per heavy atom. The largest absolute Gasteiger partial charge is 0.497 e. The average Bonchev–Trinajstić information content (AvgIpc) is 3.27. The van der Waals surface area contributed by atoms with Gasteiger partial charge in [-0.2, -0.15) is 0 Å². The molecule has 1 unspecified atom stereocenters. The molecule has 2 aromatic rings. The molecular formula is C23H28N2O3. The average molecular weight is 380 g/mol. The third-order valence-corrected chi connectivity index (χ3v) is 5.23. The van der Waals surface area contributed by atoms with Crippen LogP contribution in [0.2, 0.25) is 0 Å². The minimum Gasteiger partial charge on any atom is -0.497 e. The van der Waals surface area contributed by atoms with E-state index < -0.39 is 0 Å². The van der Waals surface area contributed by atoms with Crippen LogP contribution < -0.4 is 10.1 Å². The van der Waals surface area contributed by atoms with Gasteiger partial charge in [-0.25, -0.2) is 0 Å². The summed E-state index contributed by atoms with van der Waals surface area (Å²) in [4.78, 5) is 26.9. The Hall–Kier alpha value is -2.66. The van der Waals surface area contributed by atoms with Crippen molar-refractivity contribution in [1.82, 2.24) is 10.2 Å².